The number of hydrogen-bond acceptors (Lipinski definition) is 5. The van der Waals surface area contributed by atoms with Gasteiger partial charge in [0.1, 0.15) is 5.82 Å². The van der Waals surface area contributed by atoms with Gasteiger partial charge in [0.25, 0.3) is 0 Å². The molecule has 1 saturated heterocycles. The minimum Gasteiger partial charge on any atom is -0.476 e. The van der Waals surface area contributed by atoms with Gasteiger partial charge in [0, 0.05) is 19.0 Å². The maximum atomic E-state index is 12.0. The van der Waals surface area contributed by atoms with E-state index in [0.717, 1.165) is 26.0 Å². The van der Waals surface area contributed by atoms with Crippen LogP contribution in [0.1, 0.15) is 44.9 Å². The number of rotatable bonds is 6. The van der Waals surface area contributed by atoms with Gasteiger partial charge in [0.2, 0.25) is 11.8 Å². The van der Waals surface area contributed by atoms with Crippen LogP contribution in [-0.4, -0.2) is 46.0 Å². The smallest absolute Gasteiger partial charge is 0.234 e. The molecule has 124 valence electrons. The van der Waals surface area contributed by atoms with Crippen LogP contribution in [0.2, 0.25) is 0 Å². The summed E-state index contributed by atoms with van der Waals surface area (Å²) in [7, 11) is 0. The third-order valence-electron chi connectivity index (χ3n) is 5.05. The van der Waals surface area contributed by atoms with Crippen molar-refractivity contribution < 1.29 is 9.53 Å². The summed E-state index contributed by atoms with van der Waals surface area (Å²) in [5.74, 6) is 2.19. The van der Waals surface area contributed by atoms with E-state index in [9.17, 15) is 4.79 Å². The van der Waals surface area contributed by atoms with Gasteiger partial charge in [-0.2, -0.15) is 4.98 Å². The highest BCUT2D eigenvalue weighted by atomic mass is 16.5. The molecule has 2 aliphatic carbocycles. The Bertz CT molecular complexity index is 569. The predicted octanol–water partition coefficient (Wildman–Crippen LogP) is 2.22. The number of nitrogens with one attached hydrogen (secondary N) is 1. The van der Waals surface area contributed by atoms with E-state index in [4.69, 9.17) is 4.74 Å². The minimum atomic E-state index is 0.127. The predicted molar refractivity (Wildman–Crippen MR) is 86.2 cm³/mol. The highest BCUT2D eigenvalue weighted by Gasteiger charge is 2.39. The molecule has 1 unspecified atom stereocenters. The quantitative estimate of drug-likeness (QED) is 0.871. The Morgan fingerprint density at radius 1 is 1.22 bits per heavy atom. The van der Waals surface area contributed by atoms with Crippen LogP contribution in [-0.2, 0) is 4.79 Å². The highest BCUT2D eigenvalue weighted by molar-refractivity contribution is 5.80. The summed E-state index contributed by atoms with van der Waals surface area (Å²) in [6.45, 7) is 1.51. The normalized spacial score (nSPS) is 25.1. The van der Waals surface area contributed by atoms with Gasteiger partial charge in [-0.25, -0.2) is 0 Å². The Kier molecular flexibility index (Phi) is 4.06. The number of nitrogens with zero attached hydrogens (tertiary/aromatic N) is 3. The minimum absolute atomic E-state index is 0.127. The molecule has 1 N–H and O–H groups in total. The lowest BCUT2D eigenvalue weighted by Crippen LogP contribution is -2.29. The van der Waals surface area contributed by atoms with Crippen molar-refractivity contribution in [2.45, 2.75) is 57.0 Å². The number of hydrogen-bond donors (Lipinski definition) is 1. The van der Waals surface area contributed by atoms with Crippen LogP contribution in [0, 0.1) is 5.92 Å². The molecule has 3 fully saturated rings. The van der Waals surface area contributed by atoms with E-state index < -0.39 is 0 Å². The van der Waals surface area contributed by atoms with E-state index >= 15 is 0 Å². The van der Waals surface area contributed by atoms with Crippen molar-refractivity contribution in [3.63, 3.8) is 0 Å². The van der Waals surface area contributed by atoms with Crippen molar-refractivity contribution in [1.29, 1.82) is 0 Å². The van der Waals surface area contributed by atoms with Crippen LogP contribution in [0.5, 0.6) is 5.88 Å². The maximum absolute atomic E-state index is 12.0. The third kappa shape index (κ3) is 3.57. The Balaban J connectivity index is 1.32. The zero-order valence-electron chi connectivity index (χ0n) is 13.4. The Morgan fingerprint density at radius 2 is 2.04 bits per heavy atom. The number of amides is 1. The first-order valence-corrected chi connectivity index (χ1v) is 8.79. The van der Waals surface area contributed by atoms with Crippen LogP contribution in [0.25, 0.3) is 0 Å². The molecule has 1 aliphatic heterocycles. The van der Waals surface area contributed by atoms with Crippen molar-refractivity contribution in [3.05, 3.63) is 12.4 Å². The van der Waals surface area contributed by atoms with Gasteiger partial charge in [0.05, 0.1) is 25.0 Å². The molecule has 3 aliphatic rings. The van der Waals surface area contributed by atoms with Crippen molar-refractivity contribution in [1.82, 2.24) is 14.9 Å². The standard InChI is InChI=1S/C17H24N4O2/c22-17-7-13(10-21(17)14-5-6-14)19-15-8-18-9-16(20-15)23-11-12-3-1-2-4-12/h8-9,12-14H,1-7,10-11H2,(H,19,20). The summed E-state index contributed by atoms with van der Waals surface area (Å²) in [6, 6.07) is 0.615. The summed E-state index contributed by atoms with van der Waals surface area (Å²) in [5.41, 5.74) is 0. The highest BCUT2D eigenvalue weighted by Crippen LogP contribution is 2.31. The van der Waals surface area contributed by atoms with Crippen LogP contribution in [0.4, 0.5) is 5.82 Å². The molecule has 0 radical (unpaired) electrons. The van der Waals surface area contributed by atoms with Gasteiger partial charge in [-0.1, -0.05) is 12.8 Å². The zero-order chi connectivity index (χ0) is 15.6. The van der Waals surface area contributed by atoms with E-state index in [1.165, 1.54) is 25.7 Å². The summed E-state index contributed by atoms with van der Waals surface area (Å²) < 4.78 is 5.79. The van der Waals surface area contributed by atoms with Crippen molar-refractivity contribution >= 4 is 11.7 Å². The van der Waals surface area contributed by atoms with Gasteiger partial charge >= 0.3 is 0 Å². The van der Waals surface area contributed by atoms with Crippen molar-refractivity contribution in [2.75, 3.05) is 18.5 Å². The number of carbonyl (C=O) groups excluding carboxylic acids is 1. The molecule has 6 heteroatoms. The first-order valence-electron chi connectivity index (χ1n) is 8.79. The Hall–Kier alpha value is -1.85. The number of carbonyl (C=O) groups is 1. The topological polar surface area (TPSA) is 67.3 Å². The summed E-state index contributed by atoms with van der Waals surface area (Å²) >= 11 is 0. The molecule has 2 heterocycles. The number of aromatic nitrogens is 2. The lowest BCUT2D eigenvalue weighted by atomic mass is 10.1. The second kappa shape index (κ2) is 6.34. The third-order valence-corrected chi connectivity index (χ3v) is 5.05. The largest absolute Gasteiger partial charge is 0.476 e. The molecule has 6 nitrogen and oxygen atoms in total. The molecule has 4 rings (SSSR count). The number of anilines is 1. The SMILES string of the molecule is O=C1CC(Nc2cncc(OCC3CCCC3)n2)CN1C1CC1. The average Bonchev–Trinajstić information content (AvgIpc) is 3.12. The summed E-state index contributed by atoms with van der Waals surface area (Å²) in [6.07, 6.45) is 11.4. The molecule has 0 spiro atoms. The van der Waals surface area contributed by atoms with Crippen molar-refractivity contribution in [2.24, 2.45) is 5.92 Å². The fraction of sp³-hybridized carbons (Fsp3) is 0.706. The first-order chi connectivity index (χ1) is 11.3. The molecular formula is C17H24N4O2. The van der Waals surface area contributed by atoms with Crippen LogP contribution in [0.15, 0.2) is 12.4 Å². The molecule has 23 heavy (non-hydrogen) atoms. The van der Waals surface area contributed by atoms with Gasteiger partial charge < -0.3 is 15.0 Å². The lowest BCUT2D eigenvalue weighted by Gasteiger charge is -2.16. The van der Waals surface area contributed by atoms with E-state index in [0.29, 0.717) is 30.1 Å². The summed E-state index contributed by atoms with van der Waals surface area (Å²) in [4.78, 5) is 22.7. The fourth-order valence-corrected chi connectivity index (χ4v) is 3.64. The van der Waals surface area contributed by atoms with Crippen LogP contribution in [0.3, 0.4) is 0 Å². The molecular weight excluding hydrogens is 292 g/mol. The monoisotopic (exact) mass is 316 g/mol. The fourth-order valence-electron chi connectivity index (χ4n) is 3.64. The van der Waals surface area contributed by atoms with E-state index in [-0.39, 0.29) is 11.9 Å². The van der Waals surface area contributed by atoms with Gasteiger partial charge in [-0.3, -0.25) is 9.78 Å². The lowest BCUT2D eigenvalue weighted by molar-refractivity contribution is -0.128. The molecule has 1 atom stereocenters. The van der Waals surface area contributed by atoms with Crippen LogP contribution < -0.4 is 10.1 Å². The zero-order valence-corrected chi connectivity index (χ0v) is 13.4. The number of ether oxygens (including phenoxy) is 1. The molecule has 1 aromatic rings. The van der Waals surface area contributed by atoms with E-state index in [1.807, 2.05) is 4.90 Å². The second-order valence-electron chi connectivity index (χ2n) is 7.03. The first kappa shape index (κ1) is 14.7. The van der Waals surface area contributed by atoms with Gasteiger partial charge in [-0.15, -0.1) is 0 Å². The maximum Gasteiger partial charge on any atom is 0.234 e. The van der Waals surface area contributed by atoms with E-state index in [1.54, 1.807) is 12.4 Å². The summed E-state index contributed by atoms with van der Waals surface area (Å²) in [5, 5.41) is 3.34. The average molecular weight is 316 g/mol. The Labute approximate surface area is 136 Å². The van der Waals surface area contributed by atoms with Gasteiger partial charge in [0.15, 0.2) is 0 Å². The van der Waals surface area contributed by atoms with Crippen molar-refractivity contribution in [3.8, 4) is 5.88 Å². The molecule has 0 bridgehead atoms. The molecule has 1 amide bonds. The van der Waals surface area contributed by atoms with Crippen LogP contribution >= 0.6 is 0 Å². The molecule has 0 aromatic carbocycles. The molecule has 1 aromatic heterocycles. The molecule has 2 saturated carbocycles. The van der Waals surface area contributed by atoms with E-state index in [2.05, 4.69) is 15.3 Å². The Morgan fingerprint density at radius 3 is 2.83 bits per heavy atom. The van der Waals surface area contributed by atoms with Gasteiger partial charge in [-0.05, 0) is 31.6 Å². The number of likely N-dealkylation sites (tertiary alicyclic amines) is 1. The second-order valence-corrected chi connectivity index (χ2v) is 7.03.